The number of para-hydroxylation sites is 1. The average molecular weight is 348 g/mol. The molecule has 3 rings (SSSR count). The van der Waals surface area contributed by atoms with Crippen LogP contribution in [0.25, 0.3) is 0 Å². The normalized spacial score (nSPS) is 10.2. The Hall–Kier alpha value is -3.41. The van der Waals surface area contributed by atoms with Gasteiger partial charge in [-0.15, -0.1) is 0 Å². The number of carbonyl (C=O) groups excluding carboxylic acids is 1. The molecule has 0 fully saturated rings. The van der Waals surface area contributed by atoms with E-state index >= 15 is 0 Å². The fraction of sp³-hybridized carbons (Fsp3) is 0.150. The molecule has 0 aliphatic heterocycles. The molecule has 0 saturated carbocycles. The second-order valence-corrected chi connectivity index (χ2v) is 5.62. The van der Waals surface area contributed by atoms with Gasteiger partial charge in [0.2, 0.25) is 5.95 Å². The molecule has 26 heavy (non-hydrogen) atoms. The number of nitrogens with zero attached hydrogens (tertiary/aromatic N) is 2. The quantitative estimate of drug-likeness (QED) is 0.699. The molecular formula is C20H20N4O2. The van der Waals surface area contributed by atoms with Crippen molar-refractivity contribution in [3.8, 4) is 5.75 Å². The molecule has 0 radical (unpaired) electrons. The topological polar surface area (TPSA) is 76.1 Å². The third-order valence-electron chi connectivity index (χ3n) is 3.70. The summed E-state index contributed by atoms with van der Waals surface area (Å²) in [5, 5.41) is 5.95. The number of carbonyl (C=O) groups is 1. The first kappa shape index (κ1) is 17.4. The third-order valence-corrected chi connectivity index (χ3v) is 3.70. The number of ether oxygens (including phenoxy) is 1. The average Bonchev–Trinajstić information content (AvgIpc) is 2.66. The van der Waals surface area contributed by atoms with Gasteiger partial charge in [-0.2, -0.15) is 0 Å². The maximum Gasteiger partial charge on any atom is 0.274 e. The van der Waals surface area contributed by atoms with E-state index in [1.54, 1.807) is 12.3 Å². The number of nitrogens with one attached hydrogen (secondary N) is 2. The molecule has 6 nitrogen and oxygen atoms in total. The second kappa shape index (κ2) is 8.11. The zero-order chi connectivity index (χ0) is 18.4. The summed E-state index contributed by atoms with van der Waals surface area (Å²) in [6, 6.07) is 16.6. The van der Waals surface area contributed by atoms with E-state index in [9.17, 15) is 4.79 Å². The molecule has 2 aromatic carbocycles. The predicted molar refractivity (Wildman–Crippen MR) is 102 cm³/mol. The fourth-order valence-electron chi connectivity index (χ4n) is 2.38. The van der Waals surface area contributed by atoms with Gasteiger partial charge in [-0.1, -0.05) is 18.2 Å². The Kier molecular flexibility index (Phi) is 5.43. The van der Waals surface area contributed by atoms with Crippen LogP contribution < -0.4 is 15.4 Å². The van der Waals surface area contributed by atoms with Crippen molar-refractivity contribution in [1.29, 1.82) is 0 Å². The minimum atomic E-state index is -0.281. The van der Waals surface area contributed by atoms with Gasteiger partial charge in [-0.3, -0.25) is 4.79 Å². The highest BCUT2D eigenvalue weighted by molar-refractivity contribution is 6.03. The molecule has 6 heteroatoms. The summed E-state index contributed by atoms with van der Waals surface area (Å²) < 4.78 is 5.42. The van der Waals surface area contributed by atoms with Crippen LogP contribution in [0.4, 0.5) is 17.3 Å². The van der Waals surface area contributed by atoms with E-state index in [4.69, 9.17) is 4.74 Å². The molecule has 1 aromatic heterocycles. The number of benzene rings is 2. The van der Waals surface area contributed by atoms with Crippen LogP contribution in [0.15, 0.2) is 60.8 Å². The zero-order valence-corrected chi connectivity index (χ0v) is 14.7. The van der Waals surface area contributed by atoms with Crippen molar-refractivity contribution in [3.05, 3.63) is 72.1 Å². The van der Waals surface area contributed by atoms with Crippen LogP contribution in [0.5, 0.6) is 5.75 Å². The van der Waals surface area contributed by atoms with Crippen LogP contribution in [0, 0.1) is 6.92 Å². The molecule has 0 unspecified atom stereocenters. The molecular weight excluding hydrogens is 328 g/mol. The Morgan fingerprint density at radius 1 is 1.08 bits per heavy atom. The lowest BCUT2D eigenvalue weighted by atomic mass is 10.2. The summed E-state index contributed by atoms with van der Waals surface area (Å²) in [5.41, 5.74) is 2.85. The minimum Gasteiger partial charge on any atom is -0.494 e. The molecule has 0 spiro atoms. The van der Waals surface area contributed by atoms with Crippen LogP contribution in [-0.4, -0.2) is 22.5 Å². The van der Waals surface area contributed by atoms with Crippen LogP contribution in [0.1, 0.15) is 23.0 Å². The lowest BCUT2D eigenvalue weighted by Crippen LogP contribution is -2.15. The Labute approximate surface area is 152 Å². The van der Waals surface area contributed by atoms with Gasteiger partial charge in [-0.25, -0.2) is 9.97 Å². The summed E-state index contributed by atoms with van der Waals surface area (Å²) >= 11 is 0. The van der Waals surface area contributed by atoms with Crippen molar-refractivity contribution in [1.82, 2.24) is 9.97 Å². The van der Waals surface area contributed by atoms with Crippen LogP contribution in [0.2, 0.25) is 0 Å². The Balaban J connectivity index is 1.71. The van der Waals surface area contributed by atoms with E-state index in [1.807, 2.05) is 62.4 Å². The molecule has 132 valence electrons. The van der Waals surface area contributed by atoms with E-state index in [2.05, 4.69) is 20.6 Å². The van der Waals surface area contributed by atoms with Crippen molar-refractivity contribution >= 4 is 23.2 Å². The summed E-state index contributed by atoms with van der Waals surface area (Å²) in [6.07, 6.45) is 1.55. The number of hydrogen-bond acceptors (Lipinski definition) is 5. The third kappa shape index (κ3) is 4.36. The minimum absolute atomic E-state index is 0.281. The van der Waals surface area contributed by atoms with Crippen LogP contribution in [0.3, 0.4) is 0 Å². The fourth-order valence-corrected chi connectivity index (χ4v) is 2.38. The highest BCUT2D eigenvalue weighted by Gasteiger charge is 2.10. The van der Waals surface area contributed by atoms with Gasteiger partial charge in [0.05, 0.1) is 6.61 Å². The van der Waals surface area contributed by atoms with Gasteiger partial charge in [0.1, 0.15) is 11.4 Å². The van der Waals surface area contributed by atoms with Crippen molar-refractivity contribution in [2.45, 2.75) is 13.8 Å². The maximum atomic E-state index is 12.4. The molecule has 0 aliphatic rings. The first-order valence-electron chi connectivity index (χ1n) is 8.35. The number of rotatable bonds is 6. The SMILES string of the molecule is CCOc1ccc(Nc2nccc(C(=O)Nc3ccccc3C)n2)cc1. The van der Waals surface area contributed by atoms with E-state index in [-0.39, 0.29) is 11.6 Å². The zero-order valence-electron chi connectivity index (χ0n) is 14.7. The van der Waals surface area contributed by atoms with Crippen molar-refractivity contribution in [3.63, 3.8) is 0 Å². The molecule has 1 amide bonds. The van der Waals surface area contributed by atoms with E-state index in [0.717, 1.165) is 22.7 Å². The van der Waals surface area contributed by atoms with Gasteiger partial charge in [0, 0.05) is 17.6 Å². The molecule has 0 bridgehead atoms. The maximum absolute atomic E-state index is 12.4. The summed E-state index contributed by atoms with van der Waals surface area (Å²) in [4.78, 5) is 20.9. The molecule has 0 saturated heterocycles. The van der Waals surface area contributed by atoms with Gasteiger partial charge in [0.15, 0.2) is 0 Å². The Bertz CT molecular complexity index is 894. The first-order chi connectivity index (χ1) is 12.7. The monoisotopic (exact) mass is 348 g/mol. The summed E-state index contributed by atoms with van der Waals surface area (Å²) in [6.45, 7) is 4.50. The summed E-state index contributed by atoms with van der Waals surface area (Å²) in [7, 11) is 0. The summed E-state index contributed by atoms with van der Waals surface area (Å²) in [5.74, 6) is 0.869. The van der Waals surface area contributed by atoms with Crippen molar-refractivity contribution < 1.29 is 9.53 Å². The Morgan fingerprint density at radius 3 is 2.58 bits per heavy atom. The smallest absolute Gasteiger partial charge is 0.274 e. The van der Waals surface area contributed by atoms with Gasteiger partial charge in [0.25, 0.3) is 5.91 Å². The van der Waals surface area contributed by atoms with Crippen molar-refractivity contribution in [2.75, 3.05) is 17.2 Å². The lowest BCUT2D eigenvalue weighted by Gasteiger charge is -2.09. The molecule has 0 atom stereocenters. The molecule has 0 aliphatic carbocycles. The van der Waals surface area contributed by atoms with E-state index < -0.39 is 0 Å². The number of amides is 1. The number of aryl methyl sites for hydroxylation is 1. The predicted octanol–water partition coefficient (Wildman–Crippen LogP) is 4.18. The van der Waals surface area contributed by atoms with Crippen LogP contribution in [-0.2, 0) is 0 Å². The van der Waals surface area contributed by atoms with Gasteiger partial charge in [-0.05, 0) is 55.8 Å². The number of aromatic nitrogens is 2. The molecule has 3 aromatic rings. The number of anilines is 3. The number of hydrogen-bond donors (Lipinski definition) is 2. The lowest BCUT2D eigenvalue weighted by molar-refractivity contribution is 0.102. The highest BCUT2D eigenvalue weighted by atomic mass is 16.5. The van der Waals surface area contributed by atoms with E-state index in [1.165, 1.54) is 0 Å². The molecule has 2 N–H and O–H groups in total. The van der Waals surface area contributed by atoms with Gasteiger partial charge < -0.3 is 15.4 Å². The highest BCUT2D eigenvalue weighted by Crippen LogP contribution is 2.19. The first-order valence-corrected chi connectivity index (χ1v) is 8.35. The molecule has 1 heterocycles. The van der Waals surface area contributed by atoms with Gasteiger partial charge >= 0.3 is 0 Å². The second-order valence-electron chi connectivity index (χ2n) is 5.62. The van der Waals surface area contributed by atoms with E-state index in [0.29, 0.717) is 12.6 Å². The Morgan fingerprint density at radius 2 is 1.85 bits per heavy atom. The van der Waals surface area contributed by atoms with Crippen molar-refractivity contribution in [2.24, 2.45) is 0 Å². The largest absolute Gasteiger partial charge is 0.494 e. The standard InChI is InChI=1S/C20H20N4O2/c1-3-26-16-10-8-15(9-11-16)22-20-21-13-12-18(24-20)19(25)23-17-7-5-4-6-14(17)2/h4-13H,3H2,1-2H3,(H,23,25)(H,21,22,24). The van der Waals surface area contributed by atoms with Crippen LogP contribution >= 0.6 is 0 Å².